The van der Waals surface area contributed by atoms with Crippen LogP contribution in [0.4, 0.5) is 11.4 Å². The third-order valence-electron chi connectivity index (χ3n) is 7.59. The number of aryl methyl sites for hydroxylation is 4. The third kappa shape index (κ3) is 10.5. The highest BCUT2D eigenvalue weighted by molar-refractivity contribution is 8.24. The van der Waals surface area contributed by atoms with E-state index in [9.17, 15) is 23.7 Å². The minimum atomic E-state index is -3.22. The summed E-state index contributed by atoms with van der Waals surface area (Å²) in [7, 11) is 3.47. The van der Waals surface area contributed by atoms with Gasteiger partial charge in [-0.15, -0.1) is 23.2 Å². The van der Waals surface area contributed by atoms with Gasteiger partial charge < -0.3 is 19.8 Å². The number of hydrogen-bond donors (Lipinski definition) is 3. The van der Waals surface area contributed by atoms with E-state index in [4.69, 9.17) is 28.9 Å². The fourth-order valence-corrected chi connectivity index (χ4v) is 5.40. The highest BCUT2D eigenvalue weighted by Gasteiger charge is 2.20. The minimum absolute atomic E-state index is 0.138. The van der Waals surface area contributed by atoms with E-state index in [1.807, 2.05) is 26.0 Å². The number of hydrogen-bond acceptors (Lipinski definition) is 11. The average molecular weight is 835 g/mol. The number of anilines is 2. The molecule has 0 amide bonds. The van der Waals surface area contributed by atoms with Crippen molar-refractivity contribution in [1.82, 2.24) is 39.0 Å². The topological polar surface area (TPSA) is 208 Å². The summed E-state index contributed by atoms with van der Waals surface area (Å²) in [6.45, 7) is 5.16. The Morgan fingerprint density at radius 3 is 1.54 bits per heavy atom. The van der Waals surface area contributed by atoms with Gasteiger partial charge in [0.2, 0.25) is 0 Å². The smallest absolute Gasteiger partial charge is 0.349 e. The van der Waals surface area contributed by atoms with Gasteiger partial charge in [-0.25, -0.2) is 19.6 Å². The molecular weight excluding hydrogens is 801 g/mol. The number of nitrogens with one attached hydrogen (secondary N) is 2. The summed E-state index contributed by atoms with van der Waals surface area (Å²) in [6, 6.07) is 7.42. The fourth-order valence-electron chi connectivity index (χ4n) is 4.99. The van der Waals surface area contributed by atoms with E-state index in [-0.39, 0.29) is 23.0 Å². The molecule has 0 atom stereocenters. The van der Waals surface area contributed by atoms with Crippen molar-refractivity contribution in [3.8, 4) is 23.0 Å². The Morgan fingerprint density at radius 2 is 1.13 bits per heavy atom. The van der Waals surface area contributed by atoms with Crippen LogP contribution in [0.2, 0.25) is 0 Å². The van der Waals surface area contributed by atoms with Crippen LogP contribution in [-0.4, -0.2) is 63.9 Å². The molecule has 15 nitrogen and oxygen atoms in total. The number of alkyl halides is 2. The number of H-pyrrole nitrogens is 2. The fraction of sp³-hybridized carbons (Fsp3) is 0.355. The summed E-state index contributed by atoms with van der Waals surface area (Å²) in [5.74, 6) is 1.45. The van der Waals surface area contributed by atoms with Crippen molar-refractivity contribution in [1.29, 1.82) is 0 Å². The van der Waals surface area contributed by atoms with Crippen molar-refractivity contribution < 1.29 is 4.57 Å². The van der Waals surface area contributed by atoms with Gasteiger partial charge in [0.25, 0.3) is 11.1 Å². The maximum absolute atomic E-state index is 12.0. The monoisotopic (exact) mass is 832 g/mol. The molecule has 2 aromatic rings. The highest BCUT2D eigenvalue weighted by Crippen LogP contribution is 2.61. The van der Waals surface area contributed by atoms with E-state index < -0.39 is 27.7 Å². The quantitative estimate of drug-likeness (QED) is 0.0830. The Hall–Kier alpha value is -3.72. The van der Waals surface area contributed by atoms with Crippen LogP contribution in [-0.2, 0) is 18.7 Å². The number of halogens is 5. The van der Waals surface area contributed by atoms with E-state index in [0.717, 1.165) is 22.3 Å². The normalized spacial score (nSPS) is 12.1. The van der Waals surface area contributed by atoms with Crippen molar-refractivity contribution in [2.24, 2.45) is 14.1 Å². The van der Waals surface area contributed by atoms with Gasteiger partial charge in [-0.05, 0) is 83.0 Å². The Morgan fingerprint density at radius 1 is 0.731 bits per heavy atom. The van der Waals surface area contributed by atoms with Crippen LogP contribution in [0.25, 0.3) is 45.1 Å². The second-order valence-corrected chi connectivity index (χ2v) is 19.0. The number of fused-ring (bicyclic) bond motifs is 4. The first-order chi connectivity index (χ1) is 24.4. The Balaban J connectivity index is 0.000000196. The number of benzene rings is 2. The van der Waals surface area contributed by atoms with E-state index in [1.54, 1.807) is 35.4 Å². The third-order valence-corrected chi connectivity index (χ3v) is 7.93. The molecule has 278 valence electrons. The first kappa shape index (κ1) is 41.0. The first-order valence-corrected chi connectivity index (χ1v) is 21.1. The van der Waals surface area contributed by atoms with Gasteiger partial charge in [-0.2, -0.15) is 9.97 Å². The van der Waals surface area contributed by atoms with Crippen molar-refractivity contribution in [3.63, 3.8) is 0 Å². The molecule has 5 aliphatic rings. The second kappa shape index (κ2) is 17.4. The molecule has 52 heavy (non-hydrogen) atoms. The molecular formula is C31H34Cl5N10O5P. The van der Waals surface area contributed by atoms with Crippen molar-refractivity contribution in [3.05, 3.63) is 77.1 Å². The van der Waals surface area contributed by atoms with Gasteiger partial charge in [-0.3, -0.25) is 24.1 Å². The Bertz CT molecular complexity index is 2440. The van der Waals surface area contributed by atoms with Gasteiger partial charge >= 0.3 is 16.6 Å². The molecule has 0 radical (unpaired) electrons. The molecule has 2 aromatic carbocycles. The standard InChI is InChI=1S/C16H17Cl2N5O2.C12H11N5O2.C3H6.Cl3OP/c1-9-7-10-12(8-11(9)23(5-3-17)6-4-18)22(2)14-13(19-10)15(24)21-16(25)20-14;1-5-3-7-8(4-6(5)13)17(2)10-9(14-7)11(18)16-12(19)15-10;1-2-3-1;1-5(2,3)4/h7-8H,3-6H2,1-2H3,(H,21,24,25);3-4H,13H2,1-2H3,(H,16,18,19);1-3H2;. The van der Waals surface area contributed by atoms with Crippen molar-refractivity contribution in [2.45, 2.75) is 33.1 Å². The maximum atomic E-state index is 12.0. The van der Waals surface area contributed by atoms with Crippen LogP contribution >= 0.6 is 62.1 Å². The summed E-state index contributed by atoms with van der Waals surface area (Å²) in [6.07, 6.45) is 4.50. The molecule has 4 N–H and O–H groups in total. The van der Waals surface area contributed by atoms with Crippen LogP contribution in [0.15, 0.2) is 43.4 Å². The molecule has 0 aromatic heterocycles. The molecule has 1 aliphatic carbocycles. The van der Waals surface area contributed by atoms with Gasteiger partial charge in [-0.1, -0.05) is 19.3 Å². The second-order valence-electron chi connectivity index (χ2n) is 11.6. The van der Waals surface area contributed by atoms with Gasteiger partial charge in [0, 0.05) is 50.3 Å². The molecule has 4 aliphatic heterocycles. The van der Waals surface area contributed by atoms with Crippen molar-refractivity contribution in [2.75, 3.05) is 35.5 Å². The lowest BCUT2D eigenvalue weighted by molar-refractivity contribution is 0.600. The lowest BCUT2D eigenvalue weighted by Crippen LogP contribution is -2.29. The molecule has 1 fully saturated rings. The molecule has 0 spiro atoms. The average Bonchev–Trinajstić information content (AvgIpc) is 3.93. The number of nitrogens with two attached hydrogens (primary N) is 1. The number of nitrogen functional groups attached to an aromatic ring is 1. The number of aromatic amines is 2. The predicted octanol–water partition coefficient (Wildman–Crippen LogP) is 5.71. The van der Waals surface area contributed by atoms with E-state index in [1.165, 1.54) is 19.3 Å². The number of rotatable bonds is 5. The molecule has 0 unspecified atom stereocenters. The zero-order valence-corrected chi connectivity index (χ0v) is 33.0. The summed E-state index contributed by atoms with van der Waals surface area (Å²) < 4.78 is 12.9. The zero-order valence-electron chi connectivity index (χ0n) is 28.3. The SMILES string of the molecule is C1CC1.Cc1cc2nc3c(=O)[nH]c(=O)nc-3n(C)c2cc1N.Cc1cc2nc3c(=O)[nH]c(=O)nc-3n(C)c2cc1N(CCCl)CCCl.O=P(Cl)(Cl)Cl. The minimum Gasteiger partial charge on any atom is -0.398 e. The molecule has 0 bridgehead atoms. The van der Waals surface area contributed by atoms with Crippen LogP contribution < -0.4 is 33.1 Å². The molecule has 7 rings (SSSR count). The first-order valence-electron chi connectivity index (χ1n) is 15.6. The van der Waals surface area contributed by atoms with Crippen LogP contribution in [0.1, 0.15) is 30.4 Å². The lowest BCUT2D eigenvalue weighted by Gasteiger charge is -2.26. The van der Waals surface area contributed by atoms with E-state index in [0.29, 0.717) is 47.1 Å². The van der Waals surface area contributed by atoms with Gasteiger partial charge in [0.1, 0.15) is 0 Å². The Kier molecular flexibility index (Phi) is 13.7. The summed E-state index contributed by atoms with van der Waals surface area (Å²) in [5, 5.41) is -3.22. The largest absolute Gasteiger partial charge is 0.398 e. The summed E-state index contributed by atoms with van der Waals surface area (Å²) in [4.78, 5) is 69.3. The van der Waals surface area contributed by atoms with Crippen molar-refractivity contribution >= 4 is 95.6 Å². The molecule has 0 saturated heterocycles. The zero-order chi connectivity index (χ0) is 38.5. The van der Waals surface area contributed by atoms with Gasteiger partial charge in [0.05, 0.1) is 22.1 Å². The van der Waals surface area contributed by atoms with Gasteiger partial charge in [0.15, 0.2) is 23.0 Å². The van der Waals surface area contributed by atoms with E-state index in [2.05, 4.69) is 68.5 Å². The van der Waals surface area contributed by atoms with E-state index >= 15 is 0 Å². The maximum Gasteiger partial charge on any atom is 0.349 e. The lowest BCUT2D eigenvalue weighted by atomic mass is 10.1. The van der Waals surface area contributed by atoms with Crippen LogP contribution in [0, 0.1) is 13.8 Å². The molecule has 4 heterocycles. The summed E-state index contributed by atoms with van der Waals surface area (Å²) in [5.41, 5.74) is 9.94. The number of aromatic nitrogens is 8. The molecule has 21 heteroatoms. The molecule has 1 saturated carbocycles. The van der Waals surface area contributed by atoms with Crippen LogP contribution in [0.5, 0.6) is 0 Å². The summed E-state index contributed by atoms with van der Waals surface area (Å²) >= 11 is 25.7. The highest BCUT2D eigenvalue weighted by atomic mass is 36.0. The number of nitrogens with zero attached hydrogens (tertiary/aromatic N) is 7. The van der Waals surface area contributed by atoms with Crippen LogP contribution in [0.3, 0.4) is 0 Å². The Labute approximate surface area is 320 Å². The predicted molar refractivity (Wildman–Crippen MR) is 211 cm³/mol.